The second kappa shape index (κ2) is 8.29. The molecular formula is C24H33ClN2O2. The van der Waals surface area contributed by atoms with E-state index in [4.69, 9.17) is 11.6 Å². The first kappa shape index (κ1) is 20.7. The van der Waals surface area contributed by atoms with E-state index < -0.39 is 0 Å². The summed E-state index contributed by atoms with van der Waals surface area (Å²) < 4.78 is 0. The van der Waals surface area contributed by atoms with Crippen LogP contribution in [-0.2, 0) is 9.59 Å². The van der Waals surface area contributed by atoms with Gasteiger partial charge in [0.25, 0.3) is 0 Å². The fraction of sp³-hybridized carbons (Fsp3) is 0.667. The predicted octanol–water partition coefficient (Wildman–Crippen LogP) is 4.77. The van der Waals surface area contributed by atoms with Crippen molar-refractivity contribution in [3.05, 3.63) is 34.9 Å². The Labute approximate surface area is 179 Å². The number of piperidine rings is 1. The highest BCUT2D eigenvalue weighted by atomic mass is 35.5. The zero-order chi connectivity index (χ0) is 20.6. The van der Waals surface area contributed by atoms with Gasteiger partial charge in [-0.3, -0.25) is 9.59 Å². The number of nitrogens with zero attached hydrogens (tertiary/aromatic N) is 1. The molecule has 5 heteroatoms. The van der Waals surface area contributed by atoms with Crippen LogP contribution in [0.1, 0.15) is 70.3 Å². The predicted molar refractivity (Wildman–Crippen MR) is 116 cm³/mol. The summed E-state index contributed by atoms with van der Waals surface area (Å²) in [6, 6.07) is 8.18. The quantitative estimate of drug-likeness (QED) is 0.768. The van der Waals surface area contributed by atoms with Crippen molar-refractivity contribution >= 4 is 23.4 Å². The Kier molecular flexibility index (Phi) is 5.92. The van der Waals surface area contributed by atoms with Crippen molar-refractivity contribution in [1.82, 2.24) is 10.2 Å². The van der Waals surface area contributed by atoms with Crippen LogP contribution in [0.2, 0.25) is 5.02 Å². The minimum Gasteiger partial charge on any atom is -0.352 e. The molecule has 158 valence electrons. The molecule has 3 aliphatic rings. The molecule has 4 nitrogen and oxygen atoms in total. The molecule has 0 radical (unpaired) electrons. The Morgan fingerprint density at radius 3 is 2.31 bits per heavy atom. The van der Waals surface area contributed by atoms with Crippen LogP contribution in [0.3, 0.4) is 0 Å². The van der Waals surface area contributed by atoms with Gasteiger partial charge in [0.1, 0.15) is 0 Å². The average molecular weight is 417 g/mol. The van der Waals surface area contributed by atoms with Gasteiger partial charge in [-0.15, -0.1) is 0 Å². The lowest BCUT2D eigenvalue weighted by Gasteiger charge is -2.47. The number of hydrogen-bond donors (Lipinski definition) is 1. The van der Waals surface area contributed by atoms with Crippen molar-refractivity contribution in [2.75, 3.05) is 13.1 Å². The molecule has 1 heterocycles. The van der Waals surface area contributed by atoms with Crippen molar-refractivity contribution in [2.45, 2.75) is 70.8 Å². The minimum absolute atomic E-state index is 0.00801. The number of benzene rings is 1. The van der Waals surface area contributed by atoms with Gasteiger partial charge in [0.15, 0.2) is 0 Å². The number of likely N-dealkylation sites (tertiary alicyclic amines) is 1. The van der Waals surface area contributed by atoms with E-state index in [1.807, 2.05) is 17.0 Å². The highest BCUT2D eigenvalue weighted by Crippen LogP contribution is 2.43. The number of nitrogens with one attached hydrogen (secondary N) is 1. The van der Waals surface area contributed by atoms with Crippen molar-refractivity contribution in [3.63, 3.8) is 0 Å². The summed E-state index contributed by atoms with van der Waals surface area (Å²) in [4.78, 5) is 27.7. The molecule has 3 fully saturated rings. The van der Waals surface area contributed by atoms with Gasteiger partial charge < -0.3 is 10.2 Å². The lowest BCUT2D eigenvalue weighted by atomic mass is 9.69. The van der Waals surface area contributed by atoms with Gasteiger partial charge in [0, 0.05) is 30.1 Å². The minimum atomic E-state index is -0.0387. The number of rotatable bonds is 4. The maximum Gasteiger partial charge on any atom is 0.227 e. The van der Waals surface area contributed by atoms with Gasteiger partial charge in [-0.05, 0) is 61.1 Å². The third-order valence-electron chi connectivity index (χ3n) is 7.46. The molecule has 0 bridgehead atoms. The fourth-order valence-electron chi connectivity index (χ4n) is 5.55. The van der Waals surface area contributed by atoms with Crippen molar-refractivity contribution in [1.29, 1.82) is 0 Å². The highest BCUT2D eigenvalue weighted by molar-refractivity contribution is 6.30. The molecule has 1 aromatic rings. The van der Waals surface area contributed by atoms with E-state index in [9.17, 15) is 9.59 Å². The fourth-order valence-corrected chi connectivity index (χ4v) is 5.68. The molecule has 2 aliphatic carbocycles. The largest absolute Gasteiger partial charge is 0.352 e. The Balaban J connectivity index is 1.36. The van der Waals surface area contributed by atoms with E-state index >= 15 is 0 Å². The molecule has 2 amide bonds. The topological polar surface area (TPSA) is 49.4 Å². The maximum absolute atomic E-state index is 13.2. The van der Waals surface area contributed by atoms with Gasteiger partial charge in [0.2, 0.25) is 11.8 Å². The van der Waals surface area contributed by atoms with E-state index in [0.29, 0.717) is 5.92 Å². The number of hydrogen-bond acceptors (Lipinski definition) is 2. The Morgan fingerprint density at radius 2 is 1.72 bits per heavy atom. The van der Waals surface area contributed by atoms with E-state index in [0.717, 1.165) is 63.1 Å². The van der Waals surface area contributed by atoms with Gasteiger partial charge in [-0.2, -0.15) is 0 Å². The number of carbonyl (C=O) groups is 2. The van der Waals surface area contributed by atoms with E-state index in [2.05, 4.69) is 31.3 Å². The van der Waals surface area contributed by atoms with Crippen molar-refractivity contribution < 1.29 is 9.59 Å². The number of carbonyl (C=O) groups excluding carboxylic acids is 2. The van der Waals surface area contributed by atoms with Gasteiger partial charge in [-0.25, -0.2) is 0 Å². The summed E-state index contributed by atoms with van der Waals surface area (Å²) >= 11 is 6.05. The molecule has 0 spiro atoms. The lowest BCUT2D eigenvalue weighted by molar-refractivity contribution is -0.144. The first-order chi connectivity index (χ1) is 13.8. The van der Waals surface area contributed by atoms with Crippen LogP contribution in [0.5, 0.6) is 0 Å². The van der Waals surface area contributed by atoms with Crippen LogP contribution in [-0.4, -0.2) is 35.8 Å². The van der Waals surface area contributed by atoms with Crippen molar-refractivity contribution in [3.8, 4) is 0 Å². The van der Waals surface area contributed by atoms with Crippen LogP contribution in [0.15, 0.2) is 24.3 Å². The Hall–Kier alpha value is -1.55. The van der Waals surface area contributed by atoms with Gasteiger partial charge in [-0.1, -0.05) is 50.4 Å². The highest BCUT2D eigenvalue weighted by Gasteiger charge is 2.44. The SMILES string of the molecule is CC1(C)CN(C(=O)C2CCC2NC(=O)C2CCCC2)CCC1c1ccc(Cl)cc1. The molecule has 3 atom stereocenters. The van der Waals surface area contributed by atoms with Crippen LogP contribution in [0.4, 0.5) is 0 Å². The maximum atomic E-state index is 13.2. The summed E-state index contributed by atoms with van der Waals surface area (Å²) in [5, 5.41) is 3.95. The van der Waals surface area contributed by atoms with Crippen LogP contribution < -0.4 is 5.32 Å². The van der Waals surface area contributed by atoms with Crippen LogP contribution >= 0.6 is 11.6 Å². The van der Waals surface area contributed by atoms with E-state index in [-0.39, 0.29) is 35.1 Å². The van der Waals surface area contributed by atoms with E-state index in [1.165, 1.54) is 5.56 Å². The third kappa shape index (κ3) is 4.33. The summed E-state index contributed by atoms with van der Waals surface area (Å²) in [6.07, 6.45) is 7.11. The summed E-state index contributed by atoms with van der Waals surface area (Å²) in [6.45, 7) is 6.06. The molecule has 1 aromatic carbocycles. The zero-order valence-corrected chi connectivity index (χ0v) is 18.4. The molecule has 29 heavy (non-hydrogen) atoms. The third-order valence-corrected chi connectivity index (χ3v) is 7.71. The molecule has 1 saturated heterocycles. The summed E-state index contributed by atoms with van der Waals surface area (Å²) in [5.41, 5.74) is 1.31. The molecule has 1 aliphatic heterocycles. The second-order valence-electron chi connectivity index (χ2n) is 9.92. The molecule has 1 N–H and O–H groups in total. The Morgan fingerprint density at radius 1 is 1.03 bits per heavy atom. The normalized spacial score (nSPS) is 29.3. The van der Waals surface area contributed by atoms with E-state index in [1.54, 1.807) is 0 Å². The average Bonchev–Trinajstić information content (AvgIpc) is 3.20. The summed E-state index contributed by atoms with van der Waals surface area (Å²) in [5.74, 6) is 0.953. The summed E-state index contributed by atoms with van der Waals surface area (Å²) in [7, 11) is 0. The van der Waals surface area contributed by atoms with Crippen LogP contribution in [0, 0.1) is 17.3 Å². The lowest BCUT2D eigenvalue weighted by Crippen LogP contribution is -2.57. The van der Waals surface area contributed by atoms with Gasteiger partial charge in [0.05, 0.1) is 5.92 Å². The molecule has 0 aromatic heterocycles. The van der Waals surface area contributed by atoms with Gasteiger partial charge >= 0.3 is 0 Å². The number of halogens is 1. The van der Waals surface area contributed by atoms with Crippen LogP contribution in [0.25, 0.3) is 0 Å². The molecule has 4 rings (SSSR count). The zero-order valence-electron chi connectivity index (χ0n) is 17.6. The second-order valence-corrected chi connectivity index (χ2v) is 10.4. The molecule has 3 unspecified atom stereocenters. The Bertz CT molecular complexity index is 755. The smallest absolute Gasteiger partial charge is 0.227 e. The standard InChI is InChI=1S/C24H33ClN2O2/c1-24(2)15-27(14-13-20(24)16-7-9-18(25)10-8-16)23(29)19-11-12-21(19)26-22(28)17-5-3-4-6-17/h7-10,17,19-21H,3-6,11-15H2,1-2H3,(H,26,28). The molecular weight excluding hydrogens is 384 g/mol. The molecule has 2 saturated carbocycles. The first-order valence-electron chi connectivity index (χ1n) is 11.2. The van der Waals surface area contributed by atoms with Crippen molar-refractivity contribution in [2.24, 2.45) is 17.3 Å². The first-order valence-corrected chi connectivity index (χ1v) is 11.6. The monoisotopic (exact) mass is 416 g/mol. The number of amides is 2.